The number of nitriles is 1. The van der Waals surface area contributed by atoms with Gasteiger partial charge in [-0.15, -0.1) is 0 Å². The highest BCUT2D eigenvalue weighted by Crippen LogP contribution is 2.32. The Morgan fingerprint density at radius 3 is 2.52 bits per heavy atom. The van der Waals surface area contributed by atoms with Crippen molar-refractivity contribution < 1.29 is 9.90 Å². The number of amides is 1. The van der Waals surface area contributed by atoms with Gasteiger partial charge in [0, 0.05) is 23.1 Å². The Balaban J connectivity index is 1.84. The van der Waals surface area contributed by atoms with E-state index >= 15 is 0 Å². The molecule has 27 heavy (non-hydrogen) atoms. The zero-order chi connectivity index (χ0) is 19.4. The molecule has 0 radical (unpaired) electrons. The third-order valence-electron chi connectivity index (χ3n) is 5.25. The molecule has 1 amide bonds. The van der Waals surface area contributed by atoms with Gasteiger partial charge in [-0.2, -0.15) is 5.26 Å². The van der Waals surface area contributed by atoms with Crippen LogP contribution in [0.25, 0.3) is 6.08 Å². The zero-order valence-corrected chi connectivity index (χ0v) is 15.8. The van der Waals surface area contributed by atoms with Gasteiger partial charge in [0.05, 0.1) is 0 Å². The molecule has 1 fully saturated rings. The van der Waals surface area contributed by atoms with Gasteiger partial charge >= 0.3 is 0 Å². The van der Waals surface area contributed by atoms with Crippen LogP contribution in [0.4, 0.5) is 5.69 Å². The number of aromatic hydroxyl groups is 1. The number of anilines is 1. The number of nitrogens with zero attached hydrogens (tertiary/aromatic N) is 2. The second-order valence-electron chi connectivity index (χ2n) is 7.16. The molecular formula is C22H25N3O2. The lowest BCUT2D eigenvalue weighted by Crippen LogP contribution is -2.15. The first-order valence-corrected chi connectivity index (χ1v) is 9.40. The molecule has 5 nitrogen and oxygen atoms in total. The van der Waals surface area contributed by atoms with Crippen LogP contribution in [0, 0.1) is 25.2 Å². The van der Waals surface area contributed by atoms with Crippen LogP contribution in [0.1, 0.15) is 55.1 Å². The van der Waals surface area contributed by atoms with E-state index in [0.717, 1.165) is 11.3 Å². The lowest BCUT2D eigenvalue weighted by molar-refractivity contribution is -0.112. The maximum absolute atomic E-state index is 12.5. The molecule has 1 aromatic heterocycles. The molecule has 0 aliphatic heterocycles. The number of carbonyl (C=O) groups is 1. The van der Waals surface area contributed by atoms with Crippen LogP contribution in [0.2, 0.25) is 0 Å². The highest BCUT2D eigenvalue weighted by Gasteiger charge is 2.20. The zero-order valence-electron chi connectivity index (χ0n) is 15.8. The molecule has 5 heteroatoms. The molecule has 1 saturated carbocycles. The molecule has 2 aromatic rings. The number of phenolic OH excluding ortho intramolecular Hbond substituents is 1. The number of rotatable bonds is 4. The highest BCUT2D eigenvalue weighted by molar-refractivity contribution is 6.09. The van der Waals surface area contributed by atoms with Crippen LogP contribution in [0.15, 0.2) is 35.9 Å². The summed E-state index contributed by atoms with van der Waals surface area (Å²) in [6.07, 6.45) is 7.85. The molecule has 140 valence electrons. The fraction of sp³-hybridized carbons (Fsp3) is 0.364. The first kappa shape index (κ1) is 18.8. The molecule has 0 unspecified atom stereocenters. The van der Waals surface area contributed by atoms with Crippen molar-refractivity contribution >= 4 is 17.7 Å². The van der Waals surface area contributed by atoms with Gasteiger partial charge in [-0.25, -0.2) is 0 Å². The van der Waals surface area contributed by atoms with Crippen molar-refractivity contribution in [3.8, 4) is 11.8 Å². The fourth-order valence-corrected chi connectivity index (χ4v) is 3.90. The number of hydrogen-bond donors (Lipinski definition) is 2. The molecule has 0 atom stereocenters. The Kier molecular flexibility index (Phi) is 5.66. The summed E-state index contributed by atoms with van der Waals surface area (Å²) in [6, 6.07) is 10.7. The van der Waals surface area contributed by atoms with E-state index < -0.39 is 5.91 Å². The average molecular weight is 363 g/mol. The molecule has 1 heterocycles. The number of aryl methyl sites for hydroxylation is 1. The van der Waals surface area contributed by atoms with Gasteiger partial charge in [0.25, 0.3) is 5.91 Å². The summed E-state index contributed by atoms with van der Waals surface area (Å²) in [5.41, 5.74) is 3.78. The molecule has 1 aliphatic rings. The second-order valence-corrected chi connectivity index (χ2v) is 7.16. The molecule has 1 aromatic carbocycles. The van der Waals surface area contributed by atoms with Gasteiger partial charge in [-0.1, -0.05) is 19.3 Å². The van der Waals surface area contributed by atoms with Gasteiger partial charge < -0.3 is 15.0 Å². The van der Waals surface area contributed by atoms with Crippen LogP contribution in [-0.4, -0.2) is 15.6 Å². The van der Waals surface area contributed by atoms with E-state index in [1.54, 1.807) is 18.2 Å². The smallest absolute Gasteiger partial charge is 0.266 e. The minimum atomic E-state index is -0.453. The van der Waals surface area contributed by atoms with Crippen LogP contribution in [0.3, 0.4) is 0 Å². The van der Waals surface area contributed by atoms with Gasteiger partial charge in [0.1, 0.15) is 17.4 Å². The largest absolute Gasteiger partial charge is 0.508 e. The summed E-state index contributed by atoms with van der Waals surface area (Å²) in [6.45, 7) is 4.14. The average Bonchev–Trinajstić information content (AvgIpc) is 2.95. The Morgan fingerprint density at radius 1 is 1.22 bits per heavy atom. The Morgan fingerprint density at radius 2 is 1.89 bits per heavy atom. The third kappa shape index (κ3) is 4.22. The van der Waals surface area contributed by atoms with Crippen molar-refractivity contribution in [2.75, 3.05) is 5.32 Å². The first-order valence-electron chi connectivity index (χ1n) is 9.40. The lowest BCUT2D eigenvalue weighted by atomic mass is 9.95. The Bertz CT molecular complexity index is 895. The van der Waals surface area contributed by atoms with Crippen LogP contribution < -0.4 is 5.32 Å². The van der Waals surface area contributed by atoms with E-state index in [9.17, 15) is 15.2 Å². The standard InChI is InChI=1S/C22H25N3O2/c1-15-12-17(16(2)25(15)20-6-4-3-5-7-20)13-18(14-23)22(27)24-19-8-10-21(26)11-9-19/h8-13,20,26H,3-7H2,1-2H3,(H,24,27). The van der Waals surface area contributed by atoms with Gasteiger partial charge in [-0.3, -0.25) is 4.79 Å². The third-order valence-corrected chi connectivity index (χ3v) is 5.25. The topological polar surface area (TPSA) is 78.1 Å². The number of benzene rings is 1. The van der Waals surface area contributed by atoms with Gasteiger partial charge in [0.2, 0.25) is 0 Å². The van der Waals surface area contributed by atoms with Crippen LogP contribution in [-0.2, 0) is 4.79 Å². The number of phenols is 1. The maximum Gasteiger partial charge on any atom is 0.266 e. The van der Waals surface area contributed by atoms with Gasteiger partial charge in [0.15, 0.2) is 0 Å². The van der Waals surface area contributed by atoms with E-state index in [0.29, 0.717) is 11.7 Å². The predicted octanol–water partition coefficient (Wildman–Crippen LogP) is 4.86. The predicted molar refractivity (Wildman–Crippen MR) is 106 cm³/mol. The number of aromatic nitrogens is 1. The summed E-state index contributed by atoms with van der Waals surface area (Å²) in [7, 11) is 0. The van der Waals surface area contributed by atoms with Crippen molar-refractivity contribution in [2.45, 2.75) is 52.0 Å². The molecule has 2 N–H and O–H groups in total. The summed E-state index contributed by atoms with van der Waals surface area (Å²) in [4.78, 5) is 12.5. The summed E-state index contributed by atoms with van der Waals surface area (Å²) in [5, 5.41) is 21.5. The van der Waals surface area contributed by atoms with Crippen molar-refractivity contribution in [1.29, 1.82) is 5.26 Å². The fourth-order valence-electron chi connectivity index (χ4n) is 3.90. The van der Waals surface area contributed by atoms with E-state index in [2.05, 4.69) is 29.8 Å². The maximum atomic E-state index is 12.5. The quantitative estimate of drug-likeness (QED) is 0.462. The first-order chi connectivity index (χ1) is 13.0. The van der Waals surface area contributed by atoms with E-state index in [1.807, 2.05) is 6.07 Å². The SMILES string of the molecule is Cc1cc(C=C(C#N)C(=O)Nc2ccc(O)cc2)c(C)n1C1CCCCC1. The van der Waals surface area contributed by atoms with E-state index in [1.165, 1.54) is 49.9 Å². The molecule has 0 bridgehead atoms. The summed E-state index contributed by atoms with van der Waals surface area (Å²) < 4.78 is 2.36. The molecule has 0 saturated heterocycles. The number of hydrogen-bond acceptors (Lipinski definition) is 3. The molecular weight excluding hydrogens is 338 g/mol. The van der Waals surface area contributed by atoms with E-state index in [-0.39, 0.29) is 11.3 Å². The monoisotopic (exact) mass is 363 g/mol. The van der Waals surface area contributed by atoms with E-state index in [4.69, 9.17) is 0 Å². The molecule has 3 rings (SSSR count). The molecule has 0 spiro atoms. The molecule has 1 aliphatic carbocycles. The van der Waals surface area contributed by atoms with Crippen molar-refractivity contribution in [1.82, 2.24) is 4.57 Å². The minimum Gasteiger partial charge on any atom is -0.508 e. The highest BCUT2D eigenvalue weighted by atomic mass is 16.3. The summed E-state index contributed by atoms with van der Waals surface area (Å²) >= 11 is 0. The van der Waals surface area contributed by atoms with Crippen molar-refractivity contribution in [3.63, 3.8) is 0 Å². The lowest BCUT2D eigenvalue weighted by Gasteiger charge is -2.26. The Labute approximate surface area is 159 Å². The minimum absolute atomic E-state index is 0.0620. The number of nitrogens with one attached hydrogen (secondary N) is 1. The normalized spacial score (nSPS) is 15.4. The van der Waals surface area contributed by atoms with Crippen molar-refractivity contribution in [2.24, 2.45) is 0 Å². The number of carbonyl (C=O) groups excluding carboxylic acids is 1. The van der Waals surface area contributed by atoms with Crippen LogP contribution in [0.5, 0.6) is 5.75 Å². The van der Waals surface area contributed by atoms with Crippen LogP contribution >= 0.6 is 0 Å². The van der Waals surface area contributed by atoms with Crippen molar-refractivity contribution in [3.05, 3.63) is 52.9 Å². The summed E-state index contributed by atoms with van der Waals surface area (Å²) in [5.74, 6) is -0.329. The van der Waals surface area contributed by atoms with Gasteiger partial charge in [-0.05, 0) is 68.7 Å². The Hall–Kier alpha value is -3.00. The second kappa shape index (κ2) is 8.13.